The first-order valence-electron chi connectivity index (χ1n) is 11.1. The van der Waals surface area contributed by atoms with E-state index in [1.54, 1.807) is 30.3 Å². The van der Waals surface area contributed by atoms with Gasteiger partial charge in [0.25, 0.3) is 10.0 Å². The number of carbonyl (C=O) groups is 1. The van der Waals surface area contributed by atoms with Gasteiger partial charge in [-0.15, -0.1) is 0 Å². The van der Waals surface area contributed by atoms with Crippen LogP contribution in [0.15, 0.2) is 114 Å². The minimum atomic E-state index is -3.97. The van der Waals surface area contributed by atoms with Crippen LogP contribution in [0.5, 0.6) is 0 Å². The van der Waals surface area contributed by atoms with Crippen LogP contribution in [0.2, 0.25) is 0 Å². The number of hydrogen-bond acceptors (Lipinski definition) is 3. The molecule has 5 nitrogen and oxygen atoms in total. The number of carbonyl (C=O) groups excluding carboxylic acids is 1. The van der Waals surface area contributed by atoms with Gasteiger partial charge in [0, 0.05) is 3.57 Å². The van der Waals surface area contributed by atoms with Crippen LogP contribution in [-0.2, 0) is 14.8 Å². The van der Waals surface area contributed by atoms with E-state index >= 15 is 0 Å². The van der Waals surface area contributed by atoms with Crippen molar-refractivity contribution < 1.29 is 13.2 Å². The Morgan fingerprint density at radius 3 is 2.03 bits per heavy atom. The molecule has 35 heavy (non-hydrogen) atoms. The van der Waals surface area contributed by atoms with E-state index in [0.29, 0.717) is 5.69 Å². The molecule has 1 N–H and O–H groups in total. The van der Waals surface area contributed by atoms with E-state index in [-0.39, 0.29) is 11.4 Å². The summed E-state index contributed by atoms with van der Waals surface area (Å²) in [6, 6.07) is 32.3. The molecule has 1 amide bonds. The molecular weight excluding hydrogens is 571 g/mol. The molecule has 4 aromatic carbocycles. The standard InChI is InChI=1S/C28H25IN2O3S/c1-21-10-8-9-15-26(21)28(22-11-4-2-5-12-22)30-27(32)20-31(24-18-16-23(29)17-19-24)35(33,34)25-13-6-3-7-14-25/h2-19,28H,20H2,1H3,(H,30,32)/t28-/m0/s1. The van der Waals surface area contributed by atoms with Crippen LogP contribution in [0.3, 0.4) is 0 Å². The largest absolute Gasteiger partial charge is 0.344 e. The molecule has 0 saturated carbocycles. The fraction of sp³-hybridized carbons (Fsp3) is 0.107. The smallest absolute Gasteiger partial charge is 0.264 e. The second-order valence-electron chi connectivity index (χ2n) is 8.07. The van der Waals surface area contributed by atoms with E-state index in [1.165, 1.54) is 12.1 Å². The summed E-state index contributed by atoms with van der Waals surface area (Å²) >= 11 is 2.16. The van der Waals surface area contributed by atoms with E-state index < -0.39 is 22.0 Å². The number of aryl methyl sites for hydroxylation is 1. The highest BCUT2D eigenvalue weighted by molar-refractivity contribution is 14.1. The molecule has 0 spiro atoms. The second kappa shape index (κ2) is 11.0. The number of sulfonamides is 1. The highest BCUT2D eigenvalue weighted by Crippen LogP contribution is 2.27. The zero-order valence-electron chi connectivity index (χ0n) is 19.1. The minimum absolute atomic E-state index is 0.130. The number of nitrogens with one attached hydrogen (secondary N) is 1. The second-order valence-corrected chi connectivity index (χ2v) is 11.2. The fourth-order valence-corrected chi connectivity index (χ4v) is 5.68. The van der Waals surface area contributed by atoms with Crippen LogP contribution in [0, 0.1) is 10.5 Å². The van der Waals surface area contributed by atoms with E-state index in [0.717, 1.165) is 24.6 Å². The normalized spacial score (nSPS) is 12.1. The van der Waals surface area contributed by atoms with Gasteiger partial charge >= 0.3 is 0 Å². The highest BCUT2D eigenvalue weighted by Gasteiger charge is 2.28. The van der Waals surface area contributed by atoms with E-state index in [2.05, 4.69) is 27.9 Å². The van der Waals surface area contributed by atoms with Gasteiger partial charge in [0.2, 0.25) is 5.91 Å². The van der Waals surface area contributed by atoms with Crippen molar-refractivity contribution >= 4 is 44.2 Å². The van der Waals surface area contributed by atoms with Crippen molar-refractivity contribution in [2.75, 3.05) is 10.8 Å². The van der Waals surface area contributed by atoms with Gasteiger partial charge in [-0.3, -0.25) is 9.10 Å². The van der Waals surface area contributed by atoms with Crippen molar-refractivity contribution in [3.8, 4) is 0 Å². The monoisotopic (exact) mass is 596 g/mol. The van der Waals surface area contributed by atoms with Gasteiger partial charge in [-0.05, 0) is 82.6 Å². The van der Waals surface area contributed by atoms with Gasteiger partial charge in [0.05, 0.1) is 16.6 Å². The zero-order valence-corrected chi connectivity index (χ0v) is 22.1. The van der Waals surface area contributed by atoms with E-state index in [1.807, 2.05) is 73.7 Å². The molecule has 0 aromatic heterocycles. The number of benzene rings is 4. The van der Waals surface area contributed by atoms with E-state index in [9.17, 15) is 13.2 Å². The summed E-state index contributed by atoms with van der Waals surface area (Å²) in [4.78, 5) is 13.6. The Hall–Kier alpha value is -3.17. The Kier molecular flexibility index (Phi) is 7.87. The molecular formula is C28H25IN2O3S. The van der Waals surface area contributed by atoms with Gasteiger partial charge < -0.3 is 5.32 Å². The van der Waals surface area contributed by atoms with Crippen molar-refractivity contribution in [1.82, 2.24) is 5.32 Å². The van der Waals surface area contributed by atoms with Gasteiger partial charge in [0.1, 0.15) is 6.54 Å². The van der Waals surface area contributed by atoms with Crippen LogP contribution in [0.1, 0.15) is 22.7 Å². The quantitative estimate of drug-likeness (QED) is 0.266. The Balaban J connectivity index is 1.69. The van der Waals surface area contributed by atoms with Crippen LogP contribution in [0.4, 0.5) is 5.69 Å². The summed E-state index contributed by atoms with van der Waals surface area (Å²) in [5.41, 5.74) is 3.34. The molecule has 0 bridgehead atoms. The third-order valence-corrected chi connectivity index (χ3v) is 8.18. The molecule has 0 radical (unpaired) electrons. The topological polar surface area (TPSA) is 66.5 Å². The molecule has 0 saturated heterocycles. The lowest BCUT2D eigenvalue weighted by atomic mass is 9.95. The van der Waals surface area contributed by atoms with Gasteiger partial charge in [-0.2, -0.15) is 0 Å². The summed E-state index contributed by atoms with van der Waals surface area (Å²) < 4.78 is 29.3. The van der Waals surface area contributed by atoms with Gasteiger partial charge in [-0.1, -0.05) is 72.8 Å². The minimum Gasteiger partial charge on any atom is -0.344 e. The average Bonchev–Trinajstić information content (AvgIpc) is 2.88. The van der Waals surface area contributed by atoms with Crippen LogP contribution < -0.4 is 9.62 Å². The maximum absolute atomic E-state index is 13.6. The lowest BCUT2D eigenvalue weighted by Crippen LogP contribution is -2.42. The first-order valence-corrected chi connectivity index (χ1v) is 13.6. The molecule has 0 aliphatic carbocycles. The summed E-state index contributed by atoms with van der Waals surface area (Å²) in [6.07, 6.45) is 0. The number of rotatable bonds is 8. The van der Waals surface area contributed by atoms with Crippen molar-refractivity contribution in [2.24, 2.45) is 0 Å². The summed E-state index contributed by atoms with van der Waals surface area (Å²) in [6.45, 7) is 1.64. The maximum atomic E-state index is 13.6. The molecule has 178 valence electrons. The molecule has 4 rings (SSSR count). The Bertz CT molecular complexity index is 1390. The van der Waals surface area contributed by atoms with Crippen molar-refractivity contribution in [3.63, 3.8) is 0 Å². The number of amides is 1. The maximum Gasteiger partial charge on any atom is 0.264 e. The number of hydrogen-bond donors (Lipinski definition) is 1. The molecule has 0 fully saturated rings. The van der Waals surface area contributed by atoms with Crippen molar-refractivity contribution in [3.05, 3.63) is 129 Å². The third kappa shape index (κ3) is 5.91. The lowest BCUT2D eigenvalue weighted by Gasteiger charge is -2.27. The van der Waals surface area contributed by atoms with Crippen molar-refractivity contribution in [1.29, 1.82) is 0 Å². The highest BCUT2D eigenvalue weighted by atomic mass is 127. The predicted octanol–water partition coefficient (Wildman–Crippen LogP) is 5.70. The molecule has 7 heteroatoms. The predicted molar refractivity (Wildman–Crippen MR) is 148 cm³/mol. The zero-order chi connectivity index (χ0) is 24.8. The third-order valence-electron chi connectivity index (χ3n) is 5.67. The SMILES string of the molecule is Cc1ccccc1[C@@H](NC(=O)CN(c1ccc(I)cc1)S(=O)(=O)c1ccccc1)c1ccccc1. The summed E-state index contributed by atoms with van der Waals surface area (Å²) in [5, 5.41) is 3.08. The van der Waals surface area contributed by atoms with Gasteiger partial charge in [0.15, 0.2) is 0 Å². The van der Waals surface area contributed by atoms with Crippen molar-refractivity contribution in [2.45, 2.75) is 17.9 Å². The lowest BCUT2D eigenvalue weighted by molar-refractivity contribution is -0.120. The van der Waals surface area contributed by atoms with Crippen LogP contribution in [-0.4, -0.2) is 20.9 Å². The number of halogens is 1. The Morgan fingerprint density at radius 2 is 1.40 bits per heavy atom. The number of nitrogens with zero attached hydrogens (tertiary/aromatic N) is 1. The molecule has 4 aromatic rings. The Morgan fingerprint density at radius 1 is 0.829 bits per heavy atom. The van der Waals surface area contributed by atoms with Crippen LogP contribution >= 0.6 is 22.6 Å². The average molecular weight is 596 g/mol. The summed E-state index contributed by atoms with van der Waals surface area (Å²) in [5.74, 6) is -0.403. The first kappa shape index (κ1) is 24.9. The first-order chi connectivity index (χ1) is 16.9. The fourth-order valence-electron chi connectivity index (χ4n) is 3.88. The summed E-state index contributed by atoms with van der Waals surface area (Å²) in [7, 11) is -3.97. The molecule has 0 heterocycles. The number of anilines is 1. The molecule has 0 unspecified atom stereocenters. The Labute approximate surface area is 220 Å². The molecule has 0 aliphatic heterocycles. The molecule has 0 aliphatic rings. The van der Waals surface area contributed by atoms with Gasteiger partial charge in [-0.25, -0.2) is 8.42 Å². The van der Waals surface area contributed by atoms with E-state index in [4.69, 9.17) is 0 Å². The van der Waals surface area contributed by atoms with Crippen LogP contribution in [0.25, 0.3) is 0 Å². The molecule has 1 atom stereocenters.